The Hall–Kier alpha value is -7.16. The molecule has 10 aromatic rings. The van der Waals surface area contributed by atoms with Crippen LogP contribution in [0.15, 0.2) is 217 Å². The molecule has 2 heteroatoms. The van der Waals surface area contributed by atoms with Gasteiger partial charge in [0.25, 0.3) is 0 Å². The van der Waals surface area contributed by atoms with Crippen LogP contribution in [-0.4, -0.2) is 0 Å². The fourth-order valence-corrected chi connectivity index (χ4v) is 7.86. The minimum absolute atomic E-state index is 0.861. The molecule has 54 heavy (non-hydrogen) atoms. The number of rotatable bonds is 7. The standard InChI is InChI=1S/C52H35NO/c1-3-13-36(14-4-1)37-25-27-38(28-26-37)39-29-32-43(33-30-39)53(48-22-12-24-51-52(48)47-20-9-10-23-50(47)54-51)49-35-42(31-34-46(49)41-15-5-2-6-16-41)45-21-11-18-40-17-7-8-19-44(40)45/h1-35H. The number of hydrogen-bond acceptors (Lipinski definition) is 2. The van der Waals surface area contributed by atoms with E-state index in [0.717, 1.165) is 61.3 Å². The number of hydrogen-bond donors (Lipinski definition) is 0. The van der Waals surface area contributed by atoms with Gasteiger partial charge < -0.3 is 9.32 Å². The zero-order valence-electron chi connectivity index (χ0n) is 29.6. The Morgan fingerprint density at radius 2 is 0.852 bits per heavy atom. The molecule has 0 aliphatic rings. The van der Waals surface area contributed by atoms with Crippen LogP contribution in [0.3, 0.4) is 0 Å². The number of furan rings is 1. The van der Waals surface area contributed by atoms with E-state index in [0.29, 0.717) is 0 Å². The van der Waals surface area contributed by atoms with Crippen molar-refractivity contribution in [2.75, 3.05) is 4.90 Å². The van der Waals surface area contributed by atoms with Gasteiger partial charge in [-0.25, -0.2) is 0 Å². The summed E-state index contributed by atoms with van der Waals surface area (Å²) in [5.41, 5.74) is 14.4. The lowest BCUT2D eigenvalue weighted by Gasteiger charge is -2.29. The third-order valence-corrected chi connectivity index (χ3v) is 10.5. The predicted octanol–water partition coefficient (Wildman–Crippen LogP) is 14.9. The van der Waals surface area contributed by atoms with E-state index in [4.69, 9.17) is 4.42 Å². The summed E-state index contributed by atoms with van der Waals surface area (Å²) in [6.45, 7) is 0. The molecule has 0 spiro atoms. The lowest BCUT2D eigenvalue weighted by atomic mass is 9.93. The van der Waals surface area contributed by atoms with E-state index >= 15 is 0 Å². The van der Waals surface area contributed by atoms with Crippen LogP contribution in [0.5, 0.6) is 0 Å². The smallest absolute Gasteiger partial charge is 0.137 e. The molecule has 0 saturated carbocycles. The first kappa shape index (κ1) is 31.6. The zero-order valence-corrected chi connectivity index (χ0v) is 29.6. The van der Waals surface area contributed by atoms with E-state index in [1.54, 1.807) is 0 Å². The molecule has 1 heterocycles. The lowest BCUT2D eigenvalue weighted by molar-refractivity contribution is 0.669. The van der Waals surface area contributed by atoms with Gasteiger partial charge in [-0.3, -0.25) is 0 Å². The van der Waals surface area contributed by atoms with Gasteiger partial charge >= 0.3 is 0 Å². The van der Waals surface area contributed by atoms with Gasteiger partial charge in [-0.2, -0.15) is 0 Å². The molecule has 0 aliphatic carbocycles. The molecule has 254 valence electrons. The number of para-hydroxylation sites is 1. The molecule has 0 N–H and O–H groups in total. The number of nitrogens with zero attached hydrogens (tertiary/aromatic N) is 1. The first-order chi connectivity index (χ1) is 26.8. The van der Waals surface area contributed by atoms with Gasteiger partial charge in [0.1, 0.15) is 11.2 Å². The molecule has 0 amide bonds. The molecule has 0 atom stereocenters. The highest BCUT2D eigenvalue weighted by Crippen LogP contribution is 2.47. The molecule has 0 radical (unpaired) electrons. The Morgan fingerprint density at radius 3 is 1.59 bits per heavy atom. The summed E-state index contributed by atoms with van der Waals surface area (Å²) in [7, 11) is 0. The summed E-state index contributed by atoms with van der Waals surface area (Å²) in [5.74, 6) is 0. The molecule has 0 aliphatic heterocycles. The van der Waals surface area contributed by atoms with Crippen molar-refractivity contribution in [1.29, 1.82) is 0 Å². The maximum absolute atomic E-state index is 6.46. The highest BCUT2D eigenvalue weighted by atomic mass is 16.3. The van der Waals surface area contributed by atoms with Crippen molar-refractivity contribution < 1.29 is 4.42 Å². The van der Waals surface area contributed by atoms with Crippen LogP contribution in [-0.2, 0) is 0 Å². The van der Waals surface area contributed by atoms with E-state index in [1.807, 2.05) is 6.07 Å². The quantitative estimate of drug-likeness (QED) is 0.166. The fourth-order valence-electron chi connectivity index (χ4n) is 7.86. The number of fused-ring (bicyclic) bond motifs is 4. The normalized spacial score (nSPS) is 11.3. The summed E-state index contributed by atoms with van der Waals surface area (Å²) in [4.78, 5) is 2.42. The van der Waals surface area contributed by atoms with Crippen molar-refractivity contribution in [2.24, 2.45) is 0 Å². The predicted molar refractivity (Wildman–Crippen MR) is 228 cm³/mol. The maximum atomic E-state index is 6.46. The van der Waals surface area contributed by atoms with Crippen LogP contribution in [0.1, 0.15) is 0 Å². The Balaban J connectivity index is 1.19. The second-order valence-electron chi connectivity index (χ2n) is 13.7. The van der Waals surface area contributed by atoms with Crippen molar-refractivity contribution in [2.45, 2.75) is 0 Å². The average molecular weight is 690 g/mol. The largest absolute Gasteiger partial charge is 0.456 e. The Morgan fingerprint density at radius 1 is 0.315 bits per heavy atom. The second kappa shape index (κ2) is 13.4. The molecule has 0 unspecified atom stereocenters. The van der Waals surface area contributed by atoms with Crippen molar-refractivity contribution in [3.63, 3.8) is 0 Å². The van der Waals surface area contributed by atoms with Gasteiger partial charge in [-0.1, -0.05) is 176 Å². The van der Waals surface area contributed by atoms with Crippen LogP contribution in [0.2, 0.25) is 0 Å². The molecule has 0 bridgehead atoms. The van der Waals surface area contributed by atoms with Crippen molar-refractivity contribution in [3.8, 4) is 44.5 Å². The van der Waals surface area contributed by atoms with Crippen molar-refractivity contribution in [3.05, 3.63) is 212 Å². The lowest BCUT2D eigenvalue weighted by Crippen LogP contribution is -2.12. The topological polar surface area (TPSA) is 16.4 Å². The Bertz CT molecular complexity index is 2900. The number of anilines is 3. The van der Waals surface area contributed by atoms with Gasteiger partial charge in [0.2, 0.25) is 0 Å². The minimum atomic E-state index is 0.861. The van der Waals surface area contributed by atoms with Crippen LogP contribution in [0.4, 0.5) is 17.1 Å². The molecule has 10 rings (SSSR count). The second-order valence-corrected chi connectivity index (χ2v) is 13.7. The third kappa shape index (κ3) is 5.62. The molecular weight excluding hydrogens is 655 g/mol. The third-order valence-electron chi connectivity index (χ3n) is 10.5. The average Bonchev–Trinajstić information content (AvgIpc) is 3.64. The first-order valence-corrected chi connectivity index (χ1v) is 18.4. The van der Waals surface area contributed by atoms with E-state index in [1.165, 1.54) is 33.0 Å². The summed E-state index contributed by atoms with van der Waals surface area (Å²) in [6, 6.07) is 75.9. The van der Waals surface area contributed by atoms with E-state index < -0.39 is 0 Å². The van der Waals surface area contributed by atoms with Crippen LogP contribution in [0, 0.1) is 0 Å². The van der Waals surface area contributed by atoms with Crippen molar-refractivity contribution in [1.82, 2.24) is 0 Å². The Labute approximate surface area is 314 Å². The van der Waals surface area contributed by atoms with E-state index in [9.17, 15) is 0 Å². The van der Waals surface area contributed by atoms with Gasteiger partial charge in [-0.15, -0.1) is 0 Å². The molecule has 9 aromatic carbocycles. The number of benzene rings is 9. The monoisotopic (exact) mass is 689 g/mol. The molecular formula is C52H35NO. The first-order valence-electron chi connectivity index (χ1n) is 18.4. The van der Waals surface area contributed by atoms with Crippen LogP contribution in [0.25, 0.3) is 77.2 Å². The molecule has 1 aromatic heterocycles. The fraction of sp³-hybridized carbons (Fsp3) is 0. The maximum Gasteiger partial charge on any atom is 0.137 e. The highest BCUT2D eigenvalue weighted by molar-refractivity contribution is 6.14. The van der Waals surface area contributed by atoms with Gasteiger partial charge in [0.05, 0.1) is 16.8 Å². The summed E-state index contributed by atoms with van der Waals surface area (Å²) in [6.07, 6.45) is 0. The molecule has 2 nitrogen and oxygen atoms in total. The molecule has 0 fully saturated rings. The van der Waals surface area contributed by atoms with Crippen molar-refractivity contribution >= 4 is 49.8 Å². The van der Waals surface area contributed by atoms with Crippen LogP contribution < -0.4 is 4.90 Å². The van der Waals surface area contributed by atoms with Gasteiger partial charge in [0.15, 0.2) is 0 Å². The summed E-state index contributed by atoms with van der Waals surface area (Å²) < 4.78 is 6.46. The van der Waals surface area contributed by atoms with E-state index in [2.05, 4.69) is 211 Å². The van der Waals surface area contributed by atoms with E-state index in [-0.39, 0.29) is 0 Å². The van der Waals surface area contributed by atoms with Gasteiger partial charge in [-0.05, 0) is 86.1 Å². The van der Waals surface area contributed by atoms with Crippen LogP contribution >= 0.6 is 0 Å². The SMILES string of the molecule is c1ccc(-c2ccc(-c3ccc(N(c4cc(-c5cccc6ccccc56)ccc4-c4ccccc4)c4cccc5oc6ccccc6c45)cc3)cc2)cc1. The minimum Gasteiger partial charge on any atom is -0.456 e. The van der Waals surface area contributed by atoms with Gasteiger partial charge in [0, 0.05) is 16.6 Å². The molecule has 0 saturated heterocycles. The summed E-state index contributed by atoms with van der Waals surface area (Å²) in [5, 5.41) is 4.64. The highest BCUT2D eigenvalue weighted by Gasteiger charge is 2.23. The Kier molecular flexibility index (Phi) is 7.85. The summed E-state index contributed by atoms with van der Waals surface area (Å²) >= 11 is 0. The zero-order chi connectivity index (χ0) is 35.8.